The van der Waals surface area contributed by atoms with Crippen LogP contribution in [0.5, 0.6) is 0 Å². The number of aromatic nitrogens is 3. The molecule has 2 heterocycles. The second kappa shape index (κ2) is 9.53. The predicted octanol–water partition coefficient (Wildman–Crippen LogP) is 2.91. The molecule has 0 radical (unpaired) electrons. The first-order valence-corrected chi connectivity index (χ1v) is 12.1. The highest BCUT2D eigenvalue weighted by molar-refractivity contribution is 7.89. The van der Waals surface area contributed by atoms with Gasteiger partial charge in [0.05, 0.1) is 23.6 Å². The van der Waals surface area contributed by atoms with Gasteiger partial charge in [-0.1, -0.05) is 23.2 Å². The zero-order valence-corrected chi connectivity index (χ0v) is 19.1. The lowest BCUT2D eigenvalue weighted by atomic mass is 10.0. The van der Waals surface area contributed by atoms with Crippen molar-refractivity contribution in [1.29, 1.82) is 0 Å². The molecule has 9 nitrogen and oxygen atoms in total. The number of sulfonamides is 1. The van der Waals surface area contributed by atoms with Crippen molar-refractivity contribution < 1.29 is 17.9 Å². The molecule has 0 spiro atoms. The first kappa shape index (κ1) is 22.7. The molecule has 1 aliphatic heterocycles. The van der Waals surface area contributed by atoms with Crippen LogP contribution in [0.1, 0.15) is 19.3 Å². The fourth-order valence-electron chi connectivity index (χ4n) is 3.80. The maximum absolute atomic E-state index is 13.5. The highest BCUT2D eigenvalue weighted by atomic mass is 35.5. The van der Waals surface area contributed by atoms with Gasteiger partial charge in [0.2, 0.25) is 15.9 Å². The molecule has 11 heteroatoms. The summed E-state index contributed by atoms with van der Waals surface area (Å²) in [5, 5.41) is 11.5. The predicted molar refractivity (Wildman–Crippen MR) is 121 cm³/mol. The largest absolute Gasteiger partial charge is 0.383 e. The molecule has 0 unspecified atom stereocenters. The van der Waals surface area contributed by atoms with Crippen molar-refractivity contribution in [3.8, 4) is 0 Å². The molecular weight excluding hydrogens is 454 g/mol. The normalized spacial score (nSPS) is 17.5. The molecule has 170 valence electrons. The van der Waals surface area contributed by atoms with E-state index in [-0.39, 0.29) is 17.3 Å². The number of hydrogen-bond donors (Lipinski definition) is 1. The molecule has 0 saturated carbocycles. The Kier molecular flexibility index (Phi) is 6.75. The zero-order chi connectivity index (χ0) is 22.7. The first-order chi connectivity index (χ1) is 15.4. The van der Waals surface area contributed by atoms with Crippen LogP contribution in [0.4, 0.5) is 5.69 Å². The number of fused-ring (bicyclic) bond motifs is 1. The van der Waals surface area contributed by atoms with Crippen LogP contribution in [0.3, 0.4) is 0 Å². The van der Waals surface area contributed by atoms with Gasteiger partial charge in [-0.3, -0.25) is 4.79 Å². The Morgan fingerprint density at radius 3 is 2.75 bits per heavy atom. The fourth-order valence-corrected chi connectivity index (χ4v) is 5.61. The topological polar surface area (TPSA) is 106 Å². The molecule has 1 N–H and O–H groups in total. The summed E-state index contributed by atoms with van der Waals surface area (Å²) in [6.07, 6.45) is 1.92. The standard InChI is InChI=1S/C21H24ClN5O4S/c1-31-13-12-26-19-10-9-17(14-18(19)24-25-26)32(29,30)27-11-3-2-4-20(27)21(28)23-16-7-5-15(22)6-8-16/h5-10,14,20H,2-4,11-13H2,1H3,(H,23,28)/t20-/m0/s1. The Morgan fingerprint density at radius 2 is 2.00 bits per heavy atom. The van der Waals surface area contributed by atoms with Crippen LogP contribution in [-0.2, 0) is 26.1 Å². The van der Waals surface area contributed by atoms with Crippen molar-refractivity contribution in [3.63, 3.8) is 0 Å². The molecule has 1 aliphatic rings. The average Bonchev–Trinajstić information content (AvgIpc) is 3.21. The van der Waals surface area contributed by atoms with Gasteiger partial charge in [0, 0.05) is 24.4 Å². The van der Waals surface area contributed by atoms with E-state index in [0.29, 0.717) is 42.2 Å². The number of nitrogens with zero attached hydrogens (tertiary/aromatic N) is 4. The van der Waals surface area contributed by atoms with Crippen molar-refractivity contribution in [1.82, 2.24) is 19.3 Å². The molecule has 1 amide bonds. The van der Waals surface area contributed by atoms with Crippen LogP contribution in [0.25, 0.3) is 11.0 Å². The summed E-state index contributed by atoms with van der Waals surface area (Å²) in [6.45, 7) is 1.26. The first-order valence-electron chi connectivity index (χ1n) is 10.3. The van der Waals surface area contributed by atoms with Crippen LogP contribution >= 0.6 is 11.6 Å². The molecule has 1 fully saturated rings. The van der Waals surface area contributed by atoms with Crippen LogP contribution < -0.4 is 5.32 Å². The van der Waals surface area contributed by atoms with Crippen LogP contribution in [0.2, 0.25) is 5.02 Å². The fraction of sp³-hybridized carbons (Fsp3) is 0.381. The second-order valence-corrected chi connectivity index (χ2v) is 9.91. The monoisotopic (exact) mass is 477 g/mol. The summed E-state index contributed by atoms with van der Waals surface area (Å²) < 4.78 is 35.0. The molecule has 0 bridgehead atoms. The second-order valence-electron chi connectivity index (χ2n) is 7.58. The third kappa shape index (κ3) is 4.63. The van der Waals surface area contributed by atoms with E-state index >= 15 is 0 Å². The number of rotatable bonds is 7. The Morgan fingerprint density at radius 1 is 1.22 bits per heavy atom. The summed E-state index contributed by atoms with van der Waals surface area (Å²) in [5.74, 6) is -0.359. The van der Waals surface area contributed by atoms with Crippen molar-refractivity contribution in [2.24, 2.45) is 0 Å². The number of halogens is 1. The van der Waals surface area contributed by atoms with Gasteiger partial charge >= 0.3 is 0 Å². The molecule has 3 aromatic rings. The van der Waals surface area contributed by atoms with Gasteiger partial charge in [-0.05, 0) is 55.3 Å². The van der Waals surface area contributed by atoms with E-state index < -0.39 is 16.1 Å². The Bertz CT molecular complexity index is 1210. The molecule has 1 saturated heterocycles. The van der Waals surface area contributed by atoms with Gasteiger partial charge in [-0.2, -0.15) is 4.31 Å². The maximum Gasteiger partial charge on any atom is 0.243 e. The average molecular weight is 478 g/mol. The number of carbonyl (C=O) groups excluding carboxylic acids is 1. The minimum absolute atomic E-state index is 0.0926. The van der Waals surface area contributed by atoms with Gasteiger partial charge in [0.1, 0.15) is 11.6 Å². The summed E-state index contributed by atoms with van der Waals surface area (Å²) in [5.41, 5.74) is 1.76. The third-order valence-corrected chi connectivity index (χ3v) is 7.62. The van der Waals surface area contributed by atoms with E-state index in [1.807, 2.05) is 0 Å². The van der Waals surface area contributed by atoms with E-state index in [0.717, 1.165) is 11.9 Å². The quantitative estimate of drug-likeness (QED) is 0.560. The van der Waals surface area contributed by atoms with Gasteiger partial charge in [-0.25, -0.2) is 13.1 Å². The third-order valence-electron chi connectivity index (χ3n) is 5.47. The Labute approximate surface area is 191 Å². The van der Waals surface area contributed by atoms with Gasteiger partial charge in [0.25, 0.3) is 0 Å². The van der Waals surface area contributed by atoms with Crippen molar-refractivity contribution in [3.05, 3.63) is 47.5 Å². The van der Waals surface area contributed by atoms with E-state index in [4.69, 9.17) is 16.3 Å². The molecule has 1 atom stereocenters. The number of carbonyl (C=O) groups is 1. The molecule has 32 heavy (non-hydrogen) atoms. The van der Waals surface area contributed by atoms with Gasteiger partial charge in [-0.15, -0.1) is 5.10 Å². The minimum atomic E-state index is -3.90. The van der Waals surface area contributed by atoms with Crippen LogP contribution in [-0.4, -0.2) is 59.9 Å². The number of hydrogen-bond acceptors (Lipinski definition) is 6. The molecular formula is C21H24ClN5O4S. The highest BCUT2D eigenvalue weighted by Gasteiger charge is 2.38. The van der Waals surface area contributed by atoms with E-state index in [2.05, 4.69) is 15.6 Å². The maximum atomic E-state index is 13.5. The molecule has 4 rings (SSSR count). The summed E-state index contributed by atoms with van der Waals surface area (Å²) in [6, 6.07) is 10.6. The summed E-state index contributed by atoms with van der Waals surface area (Å²) in [4.78, 5) is 13.1. The lowest BCUT2D eigenvalue weighted by Crippen LogP contribution is -2.49. The Balaban J connectivity index is 1.59. The summed E-state index contributed by atoms with van der Waals surface area (Å²) >= 11 is 5.90. The number of methoxy groups -OCH3 is 1. The van der Waals surface area contributed by atoms with Crippen LogP contribution in [0.15, 0.2) is 47.4 Å². The van der Waals surface area contributed by atoms with Crippen LogP contribution in [0, 0.1) is 0 Å². The number of amides is 1. The Hall–Kier alpha value is -2.53. The van der Waals surface area contributed by atoms with E-state index in [1.165, 1.54) is 16.4 Å². The highest BCUT2D eigenvalue weighted by Crippen LogP contribution is 2.28. The zero-order valence-electron chi connectivity index (χ0n) is 17.6. The lowest BCUT2D eigenvalue weighted by Gasteiger charge is -2.33. The van der Waals surface area contributed by atoms with Gasteiger partial charge < -0.3 is 10.1 Å². The van der Waals surface area contributed by atoms with Crippen molar-refractivity contribution >= 4 is 44.3 Å². The minimum Gasteiger partial charge on any atom is -0.383 e. The number of benzene rings is 2. The summed E-state index contributed by atoms with van der Waals surface area (Å²) in [7, 11) is -2.31. The number of anilines is 1. The lowest BCUT2D eigenvalue weighted by molar-refractivity contribution is -0.120. The van der Waals surface area contributed by atoms with Crippen molar-refractivity contribution in [2.45, 2.75) is 36.7 Å². The molecule has 1 aromatic heterocycles. The number of ether oxygens (including phenoxy) is 1. The van der Waals surface area contributed by atoms with Gasteiger partial charge in [0.15, 0.2) is 0 Å². The molecule has 0 aliphatic carbocycles. The SMILES string of the molecule is COCCn1nnc2cc(S(=O)(=O)N3CCCC[C@H]3C(=O)Nc3ccc(Cl)cc3)ccc21. The van der Waals surface area contributed by atoms with Crippen molar-refractivity contribution in [2.75, 3.05) is 25.6 Å². The number of piperidine rings is 1. The molecule has 2 aromatic carbocycles. The smallest absolute Gasteiger partial charge is 0.243 e. The number of nitrogens with one attached hydrogen (secondary N) is 1. The van der Waals surface area contributed by atoms with E-state index in [1.54, 1.807) is 42.1 Å². The van der Waals surface area contributed by atoms with E-state index in [9.17, 15) is 13.2 Å².